The minimum Gasteiger partial charge on any atom is -0.478 e. The predicted molar refractivity (Wildman–Crippen MR) is 110 cm³/mol. The zero-order chi connectivity index (χ0) is 21.8. The van der Waals surface area contributed by atoms with Crippen LogP contribution in [-0.2, 0) is 0 Å². The minimum atomic E-state index is -1.11. The van der Waals surface area contributed by atoms with Crippen LogP contribution in [0.5, 0.6) is 11.6 Å². The number of carboxylic acids is 1. The van der Waals surface area contributed by atoms with Gasteiger partial charge in [-0.05, 0) is 36.8 Å². The van der Waals surface area contributed by atoms with Gasteiger partial charge in [0.05, 0.1) is 16.6 Å². The maximum Gasteiger partial charge on any atom is 0.336 e. The van der Waals surface area contributed by atoms with Gasteiger partial charge in [0.1, 0.15) is 17.1 Å². The number of halogens is 3. The molecule has 1 amide bonds. The predicted octanol–water partition coefficient (Wildman–Crippen LogP) is 5.51. The first kappa shape index (κ1) is 21.5. The Morgan fingerprint density at radius 1 is 1.10 bits per heavy atom. The van der Waals surface area contributed by atoms with Crippen LogP contribution in [-0.4, -0.2) is 22.0 Å². The number of ether oxygens (including phenoxy) is 1. The molecule has 0 aliphatic rings. The van der Waals surface area contributed by atoms with E-state index >= 15 is 0 Å². The van der Waals surface area contributed by atoms with Crippen molar-refractivity contribution >= 4 is 35.1 Å². The van der Waals surface area contributed by atoms with Gasteiger partial charge in [-0.25, -0.2) is 14.2 Å². The van der Waals surface area contributed by atoms with Crippen molar-refractivity contribution in [3.8, 4) is 11.6 Å². The Morgan fingerprint density at radius 3 is 2.53 bits per heavy atom. The highest BCUT2D eigenvalue weighted by atomic mass is 35.5. The van der Waals surface area contributed by atoms with Crippen LogP contribution in [0.15, 0.2) is 54.7 Å². The van der Waals surface area contributed by atoms with Crippen molar-refractivity contribution in [2.75, 3.05) is 0 Å². The highest BCUT2D eigenvalue weighted by Gasteiger charge is 2.21. The second kappa shape index (κ2) is 9.11. The van der Waals surface area contributed by atoms with Gasteiger partial charge in [-0.15, -0.1) is 0 Å². The van der Waals surface area contributed by atoms with Gasteiger partial charge in [-0.3, -0.25) is 4.79 Å². The van der Waals surface area contributed by atoms with E-state index in [0.29, 0.717) is 5.56 Å². The van der Waals surface area contributed by atoms with Crippen LogP contribution in [0.1, 0.15) is 39.2 Å². The lowest BCUT2D eigenvalue weighted by Crippen LogP contribution is -2.28. The van der Waals surface area contributed by atoms with E-state index < -0.39 is 23.7 Å². The number of carboxylic acid groups (broad SMARTS) is 1. The van der Waals surface area contributed by atoms with E-state index in [1.807, 2.05) is 0 Å². The highest BCUT2D eigenvalue weighted by molar-refractivity contribution is 6.31. The Kier molecular flexibility index (Phi) is 6.54. The van der Waals surface area contributed by atoms with E-state index in [1.165, 1.54) is 24.4 Å². The number of carbonyl (C=O) groups is 2. The molecule has 2 aromatic carbocycles. The molecule has 154 valence electrons. The average molecular weight is 449 g/mol. The van der Waals surface area contributed by atoms with Crippen LogP contribution in [0.2, 0.25) is 10.0 Å². The number of nitrogens with zero attached hydrogens (tertiary/aromatic N) is 1. The summed E-state index contributed by atoms with van der Waals surface area (Å²) in [6.07, 6.45) is 1.28. The first-order valence-corrected chi connectivity index (χ1v) is 9.42. The molecule has 0 saturated heterocycles. The van der Waals surface area contributed by atoms with Gasteiger partial charge in [0.25, 0.3) is 5.91 Å². The molecule has 3 aromatic rings. The number of pyridine rings is 1. The van der Waals surface area contributed by atoms with E-state index in [1.54, 1.807) is 25.1 Å². The van der Waals surface area contributed by atoms with Gasteiger partial charge in [-0.2, -0.15) is 0 Å². The molecule has 0 saturated carbocycles. The molecule has 0 spiro atoms. The third-order valence-electron chi connectivity index (χ3n) is 4.12. The summed E-state index contributed by atoms with van der Waals surface area (Å²) in [5.74, 6) is -2.39. The third-order valence-corrected chi connectivity index (χ3v) is 4.54. The first-order valence-electron chi connectivity index (χ1n) is 8.67. The summed E-state index contributed by atoms with van der Waals surface area (Å²) in [5, 5.41) is 12.4. The van der Waals surface area contributed by atoms with Gasteiger partial charge >= 0.3 is 5.97 Å². The summed E-state index contributed by atoms with van der Waals surface area (Å²) in [5.41, 5.74) is 0.482. The Hall–Kier alpha value is -3.16. The molecule has 9 heteroatoms. The van der Waals surface area contributed by atoms with Crippen molar-refractivity contribution in [1.29, 1.82) is 0 Å². The second-order valence-electron chi connectivity index (χ2n) is 6.30. The molecule has 0 bridgehead atoms. The van der Waals surface area contributed by atoms with E-state index in [-0.39, 0.29) is 32.8 Å². The number of hydrogen-bond donors (Lipinski definition) is 2. The summed E-state index contributed by atoms with van der Waals surface area (Å²) in [6, 6.07) is 10.6. The Labute approximate surface area is 181 Å². The van der Waals surface area contributed by atoms with Crippen molar-refractivity contribution in [2.24, 2.45) is 0 Å². The highest BCUT2D eigenvalue weighted by Crippen LogP contribution is 2.29. The molecular formula is C21H15Cl2FN2O4. The van der Waals surface area contributed by atoms with Gasteiger partial charge in [0, 0.05) is 17.3 Å². The van der Waals surface area contributed by atoms with E-state index in [2.05, 4.69) is 10.3 Å². The van der Waals surface area contributed by atoms with Gasteiger partial charge in [0.15, 0.2) is 0 Å². The number of carbonyl (C=O) groups excluding carboxylic acids is 1. The van der Waals surface area contributed by atoms with Crippen LogP contribution in [0.25, 0.3) is 0 Å². The lowest BCUT2D eigenvalue weighted by atomic mass is 10.0. The van der Waals surface area contributed by atoms with E-state index in [4.69, 9.17) is 27.9 Å². The fourth-order valence-electron chi connectivity index (χ4n) is 2.79. The molecule has 2 N–H and O–H groups in total. The maximum absolute atomic E-state index is 13.6. The van der Waals surface area contributed by atoms with Crippen LogP contribution in [0.3, 0.4) is 0 Å². The SMILES string of the molecule is C[C@H](NC(=O)c1cc(Cl)cnc1Oc1cc(F)cc(Cl)c1)c1ccccc1C(=O)O. The topological polar surface area (TPSA) is 88.5 Å². The number of nitrogens with one attached hydrogen (secondary N) is 1. The standard InChI is InChI=1S/C21H15Cl2FN2O4/c1-11(16-4-2-3-5-17(16)21(28)29)26-19(27)18-8-13(23)10-25-20(18)30-15-7-12(22)6-14(24)9-15/h2-11H,1H3,(H,26,27)(H,28,29)/t11-/m0/s1. The summed E-state index contributed by atoms with van der Waals surface area (Å²) in [4.78, 5) is 28.3. The number of benzene rings is 2. The minimum absolute atomic E-state index is 0.0115. The van der Waals surface area contributed by atoms with Crippen molar-refractivity contribution < 1.29 is 23.8 Å². The summed E-state index contributed by atoms with van der Waals surface area (Å²) in [6.45, 7) is 1.64. The molecule has 0 unspecified atom stereocenters. The molecule has 3 rings (SSSR count). The van der Waals surface area contributed by atoms with Gasteiger partial charge < -0.3 is 15.2 Å². The monoisotopic (exact) mass is 448 g/mol. The van der Waals surface area contributed by atoms with Crippen LogP contribution in [0.4, 0.5) is 4.39 Å². The molecule has 0 aliphatic heterocycles. The van der Waals surface area contributed by atoms with Gasteiger partial charge in [0.2, 0.25) is 5.88 Å². The van der Waals surface area contributed by atoms with Crippen molar-refractivity contribution in [3.05, 3.63) is 87.3 Å². The van der Waals surface area contributed by atoms with Crippen molar-refractivity contribution in [3.63, 3.8) is 0 Å². The van der Waals surface area contributed by atoms with Crippen molar-refractivity contribution in [1.82, 2.24) is 10.3 Å². The lowest BCUT2D eigenvalue weighted by Gasteiger charge is -2.17. The molecule has 0 aliphatic carbocycles. The molecule has 1 heterocycles. The van der Waals surface area contributed by atoms with E-state index in [9.17, 15) is 19.1 Å². The normalized spacial score (nSPS) is 11.6. The van der Waals surface area contributed by atoms with Crippen LogP contribution >= 0.6 is 23.2 Å². The molecule has 1 atom stereocenters. The Morgan fingerprint density at radius 2 is 1.83 bits per heavy atom. The molecular weight excluding hydrogens is 434 g/mol. The third kappa shape index (κ3) is 5.06. The largest absolute Gasteiger partial charge is 0.478 e. The number of aromatic nitrogens is 1. The number of hydrogen-bond acceptors (Lipinski definition) is 4. The maximum atomic E-state index is 13.6. The number of amides is 1. The van der Waals surface area contributed by atoms with Gasteiger partial charge in [-0.1, -0.05) is 41.4 Å². The molecule has 1 aromatic heterocycles. The first-order chi connectivity index (χ1) is 14.2. The fraction of sp³-hybridized carbons (Fsp3) is 0.0952. The van der Waals surface area contributed by atoms with E-state index in [0.717, 1.165) is 12.1 Å². The smallest absolute Gasteiger partial charge is 0.336 e. The molecule has 0 radical (unpaired) electrons. The zero-order valence-electron chi connectivity index (χ0n) is 15.5. The quantitative estimate of drug-likeness (QED) is 0.518. The number of rotatable bonds is 6. The summed E-state index contributed by atoms with van der Waals surface area (Å²) < 4.78 is 19.1. The number of aromatic carboxylic acids is 1. The summed E-state index contributed by atoms with van der Waals surface area (Å²) in [7, 11) is 0. The average Bonchev–Trinajstić information content (AvgIpc) is 2.68. The van der Waals surface area contributed by atoms with Crippen LogP contribution < -0.4 is 10.1 Å². The molecule has 30 heavy (non-hydrogen) atoms. The Bertz CT molecular complexity index is 1100. The zero-order valence-corrected chi connectivity index (χ0v) is 17.0. The molecule has 0 fully saturated rings. The van der Waals surface area contributed by atoms with Crippen LogP contribution in [0, 0.1) is 5.82 Å². The summed E-state index contributed by atoms with van der Waals surface area (Å²) >= 11 is 11.8. The lowest BCUT2D eigenvalue weighted by molar-refractivity contribution is 0.0693. The van der Waals surface area contributed by atoms with Crippen molar-refractivity contribution in [2.45, 2.75) is 13.0 Å². The molecule has 6 nitrogen and oxygen atoms in total. The second-order valence-corrected chi connectivity index (χ2v) is 7.17. The Balaban J connectivity index is 1.89. The fourth-order valence-corrected chi connectivity index (χ4v) is 3.16.